The summed E-state index contributed by atoms with van der Waals surface area (Å²) in [6, 6.07) is 1.58. The fraction of sp³-hybridized carbons (Fsp3) is 0.444. The molecule has 65 valence electrons. The van der Waals surface area contributed by atoms with E-state index in [1.54, 1.807) is 6.07 Å². The number of rotatable bonds is 3. The van der Waals surface area contributed by atoms with E-state index in [-0.39, 0.29) is 5.75 Å². The second-order valence-electron chi connectivity index (χ2n) is 2.97. The first-order valence-electron chi connectivity index (χ1n) is 3.89. The number of hydrogen-bond donors (Lipinski definition) is 1. The van der Waals surface area contributed by atoms with Crippen LogP contribution in [0.1, 0.15) is 5.56 Å². The molecule has 0 saturated heterocycles. The van der Waals surface area contributed by atoms with Gasteiger partial charge in [-0.2, -0.15) is 0 Å². The summed E-state index contributed by atoms with van der Waals surface area (Å²) in [5, 5.41) is 9.33. The molecule has 12 heavy (non-hydrogen) atoms. The van der Waals surface area contributed by atoms with Crippen LogP contribution in [0.25, 0.3) is 0 Å². The molecule has 0 aliphatic carbocycles. The second-order valence-corrected chi connectivity index (χ2v) is 2.97. The van der Waals surface area contributed by atoms with E-state index in [4.69, 9.17) is 0 Å². The highest BCUT2D eigenvalue weighted by Crippen LogP contribution is 2.13. The summed E-state index contributed by atoms with van der Waals surface area (Å²) >= 11 is 0. The third kappa shape index (κ3) is 2.51. The predicted molar refractivity (Wildman–Crippen MR) is 47.0 cm³/mol. The monoisotopic (exact) mass is 165 g/mol. The lowest BCUT2D eigenvalue weighted by molar-refractivity contribution is 0.405. The number of likely N-dealkylation sites (N-methyl/N-ethyl adjacent to an activating group) is 1. The molecule has 1 radical (unpaired) electrons. The zero-order chi connectivity index (χ0) is 8.97. The number of aromatic hydroxyl groups is 1. The van der Waals surface area contributed by atoms with Gasteiger partial charge in [0.05, 0.1) is 6.20 Å². The minimum atomic E-state index is 0.284. The Bertz CT molecular complexity index is 248. The average molecular weight is 165 g/mol. The summed E-state index contributed by atoms with van der Waals surface area (Å²) in [7, 11) is 3.99. The van der Waals surface area contributed by atoms with Crippen LogP contribution in [0.4, 0.5) is 0 Å². The van der Waals surface area contributed by atoms with Crippen LogP contribution in [0.5, 0.6) is 5.75 Å². The SMILES string of the molecule is CN(C)CCc1[c]nccc1O. The fourth-order valence-corrected chi connectivity index (χ4v) is 0.900. The summed E-state index contributed by atoms with van der Waals surface area (Å²) < 4.78 is 0. The summed E-state index contributed by atoms with van der Waals surface area (Å²) in [5.41, 5.74) is 0.784. The Morgan fingerprint density at radius 3 is 2.92 bits per heavy atom. The van der Waals surface area contributed by atoms with Gasteiger partial charge in [0.1, 0.15) is 5.75 Å². The largest absolute Gasteiger partial charge is 0.508 e. The van der Waals surface area contributed by atoms with Gasteiger partial charge in [-0.05, 0) is 26.6 Å². The van der Waals surface area contributed by atoms with Crippen molar-refractivity contribution in [2.45, 2.75) is 6.42 Å². The van der Waals surface area contributed by atoms with Gasteiger partial charge in [-0.25, -0.2) is 0 Å². The third-order valence-electron chi connectivity index (χ3n) is 1.62. The molecular formula is C9H13N2O. The average Bonchev–Trinajstić information content (AvgIpc) is 2.03. The molecule has 0 unspecified atom stereocenters. The first kappa shape index (κ1) is 9.00. The van der Waals surface area contributed by atoms with Crippen molar-refractivity contribution in [1.29, 1.82) is 0 Å². The van der Waals surface area contributed by atoms with Crippen LogP contribution in [0, 0.1) is 6.20 Å². The minimum Gasteiger partial charge on any atom is -0.508 e. The highest BCUT2D eigenvalue weighted by Gasteiger charge is 2.00. The molecule has 0 amide bonds. The van der Waals surface area contributed by atoms with Gasteiger partial charge in [-0.1, -0.05) is 0 Å². The molecule has 1 heterocycles. The molecule has 0 saturated carbocycles. The Kier molecular flexibility index (Phi) is 3.05. The summed E-state index contributed by atoms with van der Waals surface area (Å²) in [6.45, 7) is 0.899. The summed E-state index contributed by atoms with van der Waals surface area (Å²) in [4.78, 5) is 5.88. The Morgan fingerprint density at radius 1 is 1.58 bits per heavy atom. The van der Waals surface area contributed by atoms with Crippen LogP contribution in [0.2, 0.25) is 0 Å². The van der Waals surface area contributed by atoms with Crippen LogP contribution in [0.3, 0.4) is 0 Å². The summed E-state index contributed by atoms with van der Waals surface area (Å²) in [6.07, 6.45) is 5.09. The van der Waals surface area contributed by atoms with Crippen molar-refractivity contribution in [1.82, 2.24) is 9.88 Å². The molecule has 0 fully saturated rings. The van der Waals surface area contributed by atoms with Crippen molar-refractivity contribution in [2.75, 3.05) is 20.6 Å². The number of aromatic nitrogens is 1. The highest BCUT2D eigenvalue weighted by molar-refractivity contribution is 5.27. The van der Waals surface area contributed by atoms with Gasteiger partial charge in [0, 0.05) is 18.3 Å². The van der Waals surface area contributed by atoms with Crippen molar-refractivity contribution in [2.24, 2.45) is 0 Å². The lowest BCUT2D eigenvalue weighted by atomic mass is 10.2. The Balaban J connectivity index is 2.57. The third-order valence-corrected chi connectivity index (χ3v) is 1.62. The van der Waals surface area contributed by atoms with E-state index in [9.17, 15) is 5.11 Å². The van der Waals surface area contributed by atoms with Gasteiger partial charge in [-0.15, -0.1) is 0 Å². The molecule has 0 spiro atoms. The zero-order valence-corrected chi connectivity index (χ0v) is 7.41. The second kappa shape index (κ2) is 4.07. The maximum absolute atomic E-state index is 9.33. The molecular weight excluding hydrogens is 152 g/mol. The van der Waals surface area contributed by atoms with Gasteiger partial charge >= 0.3 is 0 Å². The quantitative estimate of drug-likeness (QED) is 0.716. The number of hydrogen-bond acceptors (Lipinski definition) is 3. The van der Waals surface area contributed by atoms with Crippen molar-refractivity contribution < 1.29 is 5.11 Å². The first-order chi connectivity index (χ1) is 5.70. The smallest absolute Gasteiger partial charge is 0.122 e. The van der Waals surface area contributed by atoms with E-state index in [0.717, 1.165) is 18.5 Å². The van der Waals surface area contributed by atoms with E-state index in [1.807, 2.05) is 14.1 Å². The molecule has 1 aromatic rings. The fourth-order valence-electron chi connectivity index (χ4n) is 0.900. The van der Waals surface area contributed by atoms with E-state index in [0.29, 0.717) is 0 Å². The van der Waals surface area contributed by atoms with Gasteiger partial charge in [0.15, 0.2) is 0 Å². The minimum absolute atomic E-state index is 0.284. The Morgan fingerprint density at radius 2 is 2.33 bits per heavy atom. The molecule has 0 bridgehead atoms. The molecule has 1 rings (SSSR count). The molecule has 3 nitrogen and oxygen atoms in total. The van der Waals surface area contributed by atoms with Crippen LogP contribution in [-0.2, 0) is 6.42 Å². The standard InChI is InChI=1S/C9H13N2O/c1-11(2)6-4-8-7-10-5-3-9(8)12/h3,5H,4,6H2,1-2H3,(H,10,12). The molecule has 1 aromatic heterocycles. The van der Waals surface area contributed by atoms with Gasteiger partial charge in [0.25, 0.3) is 0 Å². The van der Waals surface area contributed by atoms with Crippen molar-refractivity contribution >= 4 is 0 Å². The molecule has 0 aliphatic heterocycles. The molecule has 0 aromatic carbocycles. The molecule has 0 atom stereocenters. The lowest BCUT2D eigenvalue weighted by Gasteiger charge is -2.08. The van der Waals surface area contributed by atoms with E-state index >= 15 is 0 Å². The maximum atomic E-state index is 9.33. The van der Waals surface area contributed by atoms with Gasteiger partial charge in [0.2, 0.25) is 0 Å². The van der Waals surface area contributed by atoms with Gasteiger partial charge < -0.3 is 10.0 Å². The van der Waals surface area contributed by atoms with Crippen molar-refractivity contribution in [3.8, 4) is 5.75 Å². The van der Waals surface area contributed by atoms with Crippen LogP contribution >= 0.6 is 0 Å². The van der Waals surface area contributed by atoms with E-state index in [2.05, 4.69) is 16.1 Å². The molecule has 0 aliphatic rings. The maximum Gasteiger partial charge on any atom is 0.122 e. The summed E-state index contributed by atoms with van der Waals surface area (Å²) in [5.74, 6) is 0.284. The lowest BCUT2D eigenvalue weighted by Crippen LogP contribution is -2.15. The van der Waals surface area contributed by atoms with Crippen LogP contribution < -0.4 is 0 Å². The topological polar surface area (TPSA) is 36.4 Å². The van der Waals surface area contributed by atoms with Crippen molar-refractivity contribution in [3.05, 3.63) is 24.0 Å². The van der Waals surface area contributed by atoms with Crippen LogP contribution in [0.15, 0.2) is 12.3 Å². The highest BCUT2D eigenvalue weighted by atomic mass is 16.3. The number of pyridine rings is 1. The van der Waals surface area contributed by atoms with Crippen molar-refractivity contribution in [3.63, 3.8) is 0 Å². The Hall–Kier alpha value is -1.09. The van der Waals surface area contributed by atoms with E-state index < -0.39 is 0 Å². The van der Waals surface area contributed by atoms with Gasteiger partial charge in [-0.3, -0.25) is 4.98 Å². The molecule has 1 N–H and O–H groups in total. The van der Waals surface area contributed by atoms with Crippen LogP contribution in [-0.4, -0.2) is 35.6 Å². The normalized spacial score (nSPS) is 10.6. The van der Waals surface area contributed by atoms with E-state index in [1.165, 1.54) is 6.20 Å². The zero-order valence-electron chi connectivity index (χ0n) is 7.41. The Labute approximate surface area is 72.7 Å². The first-order valence-corrected chi connectivity index (χ1v) is 3.89. The number of nitrogens with zero attached hydrogens (tertiary/aromatic N) is 2. The predicted octanol–water partition coefficient (Wildman–Crippen LogP) is 0.691. The molecule has 3 heteroatoms.